The second kappa shape index (κ2) is 8.42. The third-order valence-corrected chi connectivity index (χ3v) is 6.55. The number of nitrogens with zero attached hydrogens (tertiary/aromatic N) is 7. The fraction of sp³-hybridized carbons (Fsp3) is 0.565. The number of aromatic nitrogens is 5. The van der Waals surface area contributed by atoms with E-state index in [0.717, 1.165) is 42.8 Å². The fourth-order valence-electron chi connectivity index (χ4n) is 4.54. The molecule has 3 aromatic rings. The van der Waals surface area contributed by atoms with E-state index in [1.807, 2.05) is 29.9 Å². The van der Waals surface area contributed by atoms with Gasteiger partial charge in [0.25, 0.3) is 0 Å². The number of piperidine rings is 1. The quantitative estimate of drug-likeness (QED) is 0.537. The van der Waals surface area contributed by atoms with Crippen LogP contribution in [-0.2, 0) is 0 Å². The molecule has 0 aromatic carbocycles. The monoisotopic (exact) mass is 452 g/mol. The number of hydrogen-bond donors (Lipinski definition) is 3. The Balaban J connectivity index is 1.40. The van der Waals surface area contributed by atoms with Crippen LogP contribution < -0.4 is 15.1 Å². The lowest BCUT2D eigenvalue weighted by molar-refractivity contribution is 0.0349. The SMILES string of the molecule is CC(C)n1nc(N2CCC(O)C2)c2cnc(Nc3ccnc(N4CCC(C)(O)CC4)n3)cc21. The Hall–Kier alpha value is -2.98. The second-order valence-electron chi connectivity index (χ2n) is 9.69. The molecule has 2 aliphatic heterocycles. The molecule has 0 spiro atoms. The molecule has 0 radical (unpaired) electrons. The Morgan fingerprint density at radius 3 is 2.61 bits per heavy atom. The first-order valence-corrected chi connectivity index (χ1v) is 11.7. The number of nitrogens with one attached hydrogen (secondary N) is 1. The van der Waals surface area contributed by atoms with Gasteiger partial charge < -0.3 is 25.3 Å². The van der Waals surface area contributed by atoms with Crippen LogP contribution in [0, 0.1) is 0 Å². The van der Waals surface area contributed by atoms with Crippen LogP contribution in [0.5, 0.6) is 0 Å². The molecule has 10 nitrogen and oxygen atoms in total. The highest BCUT2D eigenvalue weighted by Crippen LogP contribution is 2.32. The van der Waals surface area contributed by atoms with Gasteiger partial charge >= 0.3 is 0 Å². The minimum atomic E-state index is -0.614. The van der Waals surface area contributed by atoms with E-state index in [1.165, 1.54) is 0 Å². The zero-order valence-corrected chi connectivity index (χ0v) is 19.4. The van der Waals surface area contributed by atoms with E-state index in [2.05, 4.69) is 43.9 Å². The van der Waals surface area contributed by atoms with Crippen molar-refractivity contribution in [2.24, 2.45) is 0 Å². The molecule has 5 rings (SSSR count). The van der Waals surface area contributed by atoms with Crippen molar-refractivity contribution >= 4 is 34.3 Å². The van der Waals surface area contributed by atoms with E-state index in [9.17, 15) is 10.2 Å². The summed E-state index contributed by atoms with van der Waals surface area (Å²) in [5.74, 6) is 2.88. The summed E-state index contributed by atoms with van der Waals surface area (Å²) in [6, 6.07) is 4.01. The minimum absolute atomic E-state index is 0.186. The summed E-state index contributed by atoms with van der Waals surface area (Å²) in [5, 5.41) is 29.3. The third kappa shape index (κ3) is 4.45. The molecule has 0 aliphatic carbocycles. The Morgan fingerprint density at radius 1 is 1.12 bits per heavy atom. The number of hydrogen-bond acceptors (Lipinski definition) is 9. The number of rotatable bonds is 5. The van der Waals surface area contributed by atoms with Crippen LogP contribution in [0.25, 0.3) is 10.9 Å². The average Bonchev–Trinajstić information content (AvgIpc) is 3.37. The van der Waals surface area contributed by atoms with Crippen LogP contribution in [0.4, 0.5) is 23.4 Å². The molecule has 33 heavy (non-hydrogen) atoms. The minimum Gasteiger partial charge on any atom is -0.391 e. The summed E-state index contributed by atoms with van der Waals surface area (Å²) < 4.78 is 2.01. The standard InChI is InChI=1S/C23H32N8O2/c1-15(2)31-18-12-20(25-13-17(18)21(28-31)30-9-5-16(32)14-30)26-19-4-8-24-22(27-19)29-10-6-23(3,33)7-11-29/h4,8,12-13,15-16,32-33H,5-7,9-11,14H2,1-3H3,(H,24,25,26,27). The molecule has 3 N–H and O–H groups in total. The van der Waals surface area contributed by atoms with Gasteiger partial charge in [0.15, 0.2) is 5.82 Å². The van der Waals surface area contributed by atoms with Gasteiger partial charge in [0.1, 0.15) is 11.6 Å². The molecule has 0 bridgehead atoms. The lowest BCUT2D eigenvalue weighted by atomic mass is 9.94. The fourth-order valence-corrected chi connectivity index (χ4v) is 4.54. The molecule has 0 saturated carbocycles. The van der Waals surface area contributed by atoms with Gasteiger partial charge in [-0.1, -0.05) is 0 Å². The number of pyridine rings is 1. The van der Waals surface area contributed by atoms with Gasteiger partial charge in [0.2, 0.25) is 5.95 Å². The first-order chi connectivity index (χ1) is 15.8. The van der Waals surface area contributed by atoms with Crippen molar-refractivity contribution in [1.29, 1.82) is 0 Å². The highest BCUT2D eigenvalue weighted by atomic mass is 16.3. The van der Waals surface area contributed by atoms with E-state index in [-0.39, 0.29) is 12.1 Å². The van der Waals surface area contributed by atoms with Crippen LogP contribution in [-0.4, -0.2) is 72.8 Å². The van der Waals surface area contributed by atoms with Crippen LogP contribution in [0.1, 0.15) is 46.1 Å². The molecule has 0 amide bonds. The van der Waals surface area contributed by atoms with Crippen molar-refractivity contribution in [3.63, 3.8) is 0 Å². The van der Waals surface area contributed by atoms with Crippen molar-refractivity contribution in [2.75, 3.05) is 41.3 Å². The van der Waals surface area contributed by atoms with Gasteiger partial charge in [-0.05, 0) is 46.1 Å². The first-order valence-electron chi connectivity index (χ1n) is 11.7. The summed E-state index contributed by atoms with van der Waals surface area (Å²) in [7, 11) is 0. The molecule has 2 aliphatic rings. The zero-order chi connectivity index (χ0) is 23.2. The molecule has 3 aromatic heterocycles. The molecule has 10 heteroatoms. The van der Waals surface area contributed by atoms with Crippen LogP contribution in [0.15, 0.2) is 24.5 Å². The van der Waals surface area contributed by atoms with Crippen molar-refractivity contribution in [3.05, 3.63) is 24.5 Å². The van der Waals surface area contributed by atoms with E-state index < -0.39 is 5.60 Å². The topological polar surface area (TPSA) is 115 Å². The van der Waals surface area contributed by atoms with E-state index in [0.29, 0.717) is 37.0 Å². The maximum absolute atomic E-state index is 10.2. The van der Waals surface area contributed by atoms with Gasteiger partial charge in [-0.15, -0.1) is 0 Å². The predicted molar refractivity (Wildman–Crippen MR) is 128 cm³/mol. The summed E-state index contributed by atoms with van der Waals surface area (Å²) in [6.07, 6.45) is 5.43. The Labute approximate surface area is 193 Å². The smallest absolute Gasteiger partial charge is 0.227 e. The molecule has 2 fully saturated rings. The van der Waals surface area contributed by atoms with Gasteiger partial charge in [-0.3, -0.25) is 4.68 Å². The van der Waals surface area contributed by atoms with Crippen LogP contribution in [0.3, 0.4) is 0 Å². The molecule has 1 atom stereocenters. The number of aliphatic hydroxyl groups excluding tert-OH is 1. The highest BCUT2D eigenvalue weighted by Gasteiger charge is 2.29. The second-order valence-corrected chi connectivity index (χ2v) is 9.69. The van der Waals surface area contributed by atoms with Crippen molar-refractivity contribution in [1.82, 2.24) is 24.7 Å². The van der Waals surface area contributed by atoms with Gasteiger partial charge in [0.05, 0.1) is 22.6 Å². The largest absolute Gasteiger partial charge is 0.391 e. The van der Waals surface area contributed by atoms with Crippen LogP contribution >= 0.6 is 0 Å². The summed E-state index contributed by atoms with van der Waals surface area (Å²) in [6.45, 7) is 8.93. The predicted octanol–water partition coefficient (Wildman–Crippen LogP) is 2.47. The number of anilines is 4. The van der Waals surface area contributed by atoms with E-state index >= 15 is 0 Å². The molecule has 176 valence electrons. The third-order valence-electron chi connectivity index (χ3n) is 6.55. The summed E-state index contributed by atoms with van der Waals surface area (Å²) >= 11 is 0. The zero-order valence-electron chi connectivity index (χ0n) is 19.4. The lowest BCUT2D eigenvalue weighted by Crippen LogP contribution is -2.43. The van der Waals surface area contributed by atoms with E-state index in [4.69, 9.17) is 5.10 Å². The molecular formula is C23H32N8O2. The maximum atomic E-state index is 10.2. The molecular weight excluding hydrogens is 420 g/mol. The molecule has 2 saturated heterocycles. The Morgan fingerprint density at radius 2 is 1.91 bits per heavy atom. The van der Waals surface area contributed by atoms with Crippen LogP contribution in [0.2, 0.25) is 0 Å². The lowest BCUT2D eigenvalue weighted by Gasteiger charge is -2.35. The molecule has 1 unspecified atom stereocenters. The number of fused-ring (bicyclic) bond motifs is 1. The van der Waals surface area contributed by atoms with Gasteiger partial charge in [0, 0.05) is 50.7 Å². The number of aliphatic hydroxyl groups is 2. The Kier molecular flexibility index (Phi) is 5.57. The summed E-state index contributed by atoms with van der Waals surface area (Å²) in [4.78, 5) is 18.0. The highest BCUT2D eigenvalue weighted by molar-refractivity contribution is 5.92. The van der Waals surface area contributed by atoms with Gasteiger partial charge in [-0.2, -0.15) is 10.1 Å². The summed E-state index contributed by atoms with van der Waals surface area (Å²) in [5.41, 5.74) is 0.378. The number of β-amino-alcohol motifs (C(OH)–C–C–N with tert-alkyl or cyclic N) is 1. The maximum Gasteiger partial charge on any atom is 0.227 e. The van der Waals surface area contributed by atoms with Crippen molar-refractivity contribution in [3.8, 4) is 0 Å². The molecule has 5 heterocycles. The first kappa shape index (κ1) is 21.8. The van der Waals surface area contributed by atoms with E-state index in [1.54, 1.807) is 6.20 Å². The Bertz CT molecular complexity index is 1130. The van der Waals surface area contributed by atoms with Crippen molar-refractivity contribution < 1.29 is 10.2 Å². The van der Waals surface area contributed by atoms with Gasteiger partial charge in [-0.25, -0.2) is 9.97 Å². The van der Waals surface area contributed by atoms with Crippen molar-refractivity contribution in [2.45, 2.75) is 57.8 Å². The normalized spacial score (nSPS) is 20.7. The average molecular weight is 453 g/mol.